The molecule has 2 aromatic carbocycles. The van der Waals surface area contributed by atoms with Crippen LogP contribution >= 0.6 is 0 Å². The van der Waals surface area contributed by atoms with Gasteiger partial charge in [0.1, 0.15) is 11.9 Å². The van der Waals surface area contributed by atoms with Crippen LogP contribution in [-0.4, -0.2) is 49.4 Å². The van der Waals surface area contributed by atoms with Crippen molar-refractivity contribution in [2.75, 3.05) is 14.1 Å². The Bertz CT molecular complexity index is 1010. The van der Waals surface area contributed by atoms with Crippen molar-refractivity contribution < 1.29 is 33.4 Å². The SMILES string of the molecule is CN(C)C(=O)Oc1c([C]=O)cccc1C(=O)c1ccccc1OC(=O)OC1CCCCC1. The van der Waals surface area contributed by atoms with Crippen LogP contribution in [0.5, 0.6) is 11.5 Å². The molecule has 0 spiro atoms. The number of para-hydroxylation sites is 2. The van der Waals surface area contributed by atoms with Gasteiger partial charge in [0.2, 0.25) is 12.1 Å². The second-order valence-electron chi connectivity index (χ2n) is 7.60. The molecular weight excluding hydrogens is 414 g/mol. The molecule has 1 amide bonds. The molecule has 0 unspecified atom stereocenters. The number of carbonyl (C=O) groups excluding carboxylic acids is 4. The van der Waals surface area contributed by atoms with Gasteiger partial charge >= 0.3 is 12.2 Å². The molecule has 1 radical (unpaired) electrons. The summed E-state index contributed by atoms with van der Waals surface area (Å²) in [6.45, 7) is 0. The molecule has 167 valence electrons. The first-order valence-electron chi connectivity index (χ1n) is 10.3. The van der Waals surface area contributed by atoms with Crippen molar-refractivity contribution in [1.82, 2.24) is 4.90 Å². The lowest BCUT2D eigenvalue weighted by molar-refractivity contribution is 0.0415. The van der Waals surface area contributed by atoms with Gasteiger partial charge in [-0.05, 0) is 49.9 Å². The van der Waals surface area contributed by atoms with Crippen LogP contribution in [0.25, 0.3) is 0 Å². The van der Waals surface area contributed by atoms with Gasteiger partial charge in [-0.3, -0.25) is 9.59 Å². The smallest absolute Gasteiger partial charge is 0.431 e. The van der Waals surface area contributed by atoms with Crippen molar-refractivity contribution in [3.05, 3.63) is 59.2 Å². The fraction of sp³-hybridized carbons (Fsp3) is 0.333. The van der Waals surface area contributed by atoms with E-state index in [0.717, 1.165) is 37.0 Å². The molecule has 0 aliphatic heterocycles. The third-order valence-electron chi connectivity index (χ3n) is 5.06. The molecule has 0 heterocycles. The van der Waals surface area contributed by atoms with Crippen molar-refractivity contribution >= 4 is 24.3 Å². The first kappa shape index (κ1) is 23.0. The quantitative estimate of drug-likeness (QED) is 0.377. The van der Waals surface area contributed by atoms with Crippen LogP contribution in [0.1, 0.15) is 53.6 Å². The van der Waals surface area contributed by atoms with Crippen LogP contribution in [0.4, 0.5) is 9.59 Å². The summed E-state index contributed by atoms with van der Waals surface area (Å²) in [5, 5.41) is 0. The van der Waals surface area contributed by atoms with Crippen LogP contribution in [0.3, 0.4) is 0 Å². The molecule has 3 rings (SSSR count). The van der Waals surface area contributed by atoms with E-state index in [2.05, 4.69) is 0 Å². The standard InChI is InChI=1S/C24H24NO7/c1-25(2)23(28)32-22-16(15-26)9-8-13-19(22)21(27)18-12-6-7-14-20(18)31-24(29)30-17-10-4-3-5-11-17/h6-9,12-14,17H,3-5,10-11H2,1-2H3. The molecule has 0 N–H and O–H groups in total. The van der Waals surface area contributed by atoms with Crippen molar-refractivity contribution in [2.45, 2.75) is 38.2 Å². The highest BCUT2D eigenvalue weighted by molar-refractivity contribution is 6.13. The molecule has 2 aromatic rings. The van der Waals surface area contributed by atoms with Gasteiger partial charge in [-0.25, -0.2) is 9.59 Å². The average molecular weight is 438 g/mol. The van der Waals surface area contributed by atoms with Crippen LogP contribution in [-0.2, 0) is 9.53 Å². The summed E-state index contributed by atoms with van der Waals surface area (Å²) in [4.78, 5) is 50.2. The minimum atomic E-state index is -0.883. The number of rotatable bonds is 6. The molecule has 0 atom stereocenters. The predicted octanol–water partition coefficient (Wildman–Crippen LogP) is 4.28. The van der Waals surface area contributed by atoms with Gasteiger partial charge in [-0.2, -0.15) is 0 Å². The molecule has 0 aromatic heterocycles. The van der Waals surface area contributed by atoms with Gasteiger partial charge in [0.15, 0.2) is 5.75 Å². The van der Waals surface area contributed by atoms with Crippen molar-refractivity contribution in [1.29, 1.82) is 0 Å². The highest BCUT2D eigenvalue weighted by Crippen LogP contribution is 2.30. The first-order chi connectivity index (χ1) is 15.4. The maximum atomic E-state index is 13.3. The lowest BCUT2D eigenvalue weighted by Crippen LogP contribution is -2.26. The van der Waals surface area contributed by atoms with Gasteiger partial charge in [-0.1, -0.05) is 24.6 Å². The van der Waals surface area contributed by atoms with Crippen molar-refractivity contribution in [3.8, 4) is 11.5 Å². The van der Waals surface area contributed by atoms with Crippen LogP contribution in [0.2, 0.25) is 0 Å². The van der Waals surface area contributed by atoms with Gasteiger partial charge in [-0.15, -0.1) is 0 Å². The number of hydrogen-bond acceptors (Lipinski definition) is 7. The van der Waals surface area contributed by atoms with Crippen molar-refractivity contribution in [2.24, 2.45) is 0 Å². The molecule has 8 nitrogen and oxygen atoms in total. The Morgan fingerprint density at radius 2 is 1.59 bits per heavy atom. The van der Waals surface area contributed by atoms with E-state index in [-0.39, 0.29) is 34.3 Å². The molecule has 0 bridgehead atoms. The number of carbonyl (C=O) groups is 3. The van der Waals surface area contributed by atoms with Crippen molar-refractivity contribution in [3.63, 3.8) is 0 Å². The van der Waals surface area contributed by atoms with E-state index in [0.29, 0.717) is 0 Å². The Morgan fingerprint density at radius 3 is 2.28 bits per heavy atom. The summed E-state index contributed by atoms with van der Waals surface area (Å²) >= 11 is 0. The van der Waals surface area contributed by atoms with E-state index in [1.54, 1.807) is 18.4 Å². The van der Waals surface area contributed by atoms with Gasteiger partial charge in [0.05, 0.1) is 16.7 Å². The van der Waals surface area contributed by atoms with E-state index in [4.69, 9.17) is 14.2 Å². The van der Waals surface area contributed by atoms with E-state index < -0.39 is 18.0 Å². The Morgan fingerprint density at radius 1 is 0.906 bits per heavy atom. The normalized spacial score (nSPS) is 13.7. The maximum Gasteiger partial charge on any atom is 0.514 e. The van der Waals surface area contributed by atoms with Crippen LogP contribution in [0, 0.1) is 0 Å². The number of amides is 1. The van der Waals surface area contributed by atoms with E-state index in [9.17, 15) is 19.2 Å². The number of benzene rings is 2. The summed E-state index contributed by atoms with van der Waals surface area (Å²) in [7, 11) is 2.94. The minimum absolute atomic E-state index is 0.00341. The van der Waals surface area contributed by atoms with Gasteiger partial charge in [0, 0.05) is 14.1 Å². The number of ketones is 1. The minimum Gasteiger partial charge on any atom is -0.431 e. The lowest BCUT2D eigenvalue weighted by Gasteiger charge is -2.21. The summed E-state index contributed by atoms with van der Waals surface area (Å²) < 4.78 is 16.0. The Balaban J connectivity index is 1.87. The maximum absolute atomic E-state index is 13.3. The highest BCUT2D eigenvalue weighted by Gasteiger charge is 2.25. The molecule has 1 fully saturated rings. The summed E-state index contributed by atoms with van der Waals surface area (Å²) in [5.74, 6) is -0.806. The number of ether oxygens (including phenoxy) is 3. The largest absolute Gasteiger partial charge is 0.514 e. The van der Waals surface area contributed by atoms with Crippen LogP contribution < -0.4 is 9.47 Å². The number of hydrogen-bond donors (Lipinski definition) is 0. The molecule has 1 aliphatic rings. The third-order valence-corrected chi connectivity index (χ3v) is 5.06. The zero-order valence-electron chi connectivity index (χ0n) is 18.0. The third kappa shape index (κ3) is 5.51. The topological polar surface area (TPSA) is 99.2 Å². The van der Waals surface area contributed by atoms with Crippen LogP contribution in [0.15, 0.2) is 42.5 Å². The summed E-state index contributed by atoms with van der Waals surface area (Å²) in [5.41, 5.74) is -0.0720. The van der Waals surface area contributed by atoms with E-state index >= 15 is 0 Å². The summed E-state index contributed by atoms with van der Waals surface area (Å²) in [6.07, 6.45) is 4.50. The fourth-order valence-corrected chi connectivity index (χ4v) is 3.41. The fourth-order valence-electron chi connectivity index (χ4n) is 3.41. The highest BCUT2D eigenvalue weighted by atomic mass is 16.7. The second kappa shape index (κ2) is 10.6. The first-order valence-corrected chi connectivity index (χ1v) is 10.3. The average Bonchev–Trinajstić information content (AvgIpc) is 2.79. The molecule has 1 aliphatic carbocycles. The van der Waals surface area contributed by atoms with Gasteiger partial charge in [0.25, 0.3) is 0 Å². The molecule has 8 heteroatoms. The summed E-state index contributed by atoms with van der Waals surface area (Å²) in [6, 6.07) is 10.4. The molecule has 1 saturated carbocycles. The monoisotopic (exact) mass is 438 g/mol. The zero-order valence-corrected chi connectivity index (χ0v) is 18.0. The Kier molecular flexibility index (Phi) is 7.59. The molecule has 32 heavy (non-hydrogen) atoms. The molecule has 0 saturated heterocycles. The second-order valence-corrected chi connectivity index (χ2v) is 7.60. The van der Waals surface area contributed by atoms with E-state index in [1.165, 1.54) is 44.4 Å². The number of nitrogens with zero attached hydrogens (tertiary/aromatic N) is 1. The lowest BCUT2D eigenvalue weighted by atomic mass is 9.98. The molecular formula is C24H24NO7. The van der Waals surface area contributed by atoms with Gasteiger partial charge < -0.3 is 19.1 Å². The Hall–Kier alpha value is -3.68. The predicted molar refractivity (Wildman–Crippen MR) is 115 cm³/mol. The Labute approximate surface area is 186 Å². The zero-order chi connectivity index (χ0) is 23.1. The van der Waals surface area contributed by atoms with E-state index in [1.807, 2.05) is 0 Å².